The monoisotopic (exact) mass is 313 g/mol. The summed E-state index contributed by atoms with van der Waals surface area (Å²) in [6.07, 6.45) is -0.570. The molecule has 2 aromatic rings. The molecule has 0 heterocycles. The van der Waals surface area contributed by atoms with Crippen molar-refractivity contribution in [3.05, 3.63) is 60.2 Å². The third-order valence-electron chi connectivity index (χ3n) is 3.48. The first-order valence-corrected chi connectivity index (χ1v) is 7.85. The first-order chi connectivity index (χ1) is 11.1. The molecule has 1 amide bonds. The molecule has 122 valence electrons. The number of rotatable bonds is 7. The summed E-state index contributed by atoms with van der Waals surface area (Å²) in [6.45, 7) is 6.25. The highest BCUT2D eigenvalue weighted by molar-refractivity contribution is 5.81. The van der Waals surface area contributed by atoms with Gasteiger partial charge in [0.2, 0.25) is 0 Å². The second kappa shape index (κ2) is 8.22. The van der Waals surface area contributed by atoms with Gasteiger partial charge in [-0.05, 0) is 50.6 Å². The van der Waals surface area contributed by atoms with E-state index in [2.05, 4.69) is 5.32 Å². The van der Waals surface area contributed by atoms with E-state index in [0.717, 1.165) is 11.3 Å². The van der Waals surface area contributed by atoms with E-state index in [0.29, 0.717) is 12.4 Å². The Morgan fingerprint density at radius 1 is 1.00 bits per heavy atom. The topological polar surface area (TPSA) is 47.6 Å². The SMILES string of the molecule is CCOc1ccc(OC(C)C(=O)NC(C)c2ccccc2)cc1. The van der Waals surface area contributed by atoms with Crippen molar-refractivity contribution >= 4 is 5.91 Å². The Morgan fingerprint density at radius 2 is 1.61 bits per heavy atom. The second-order valence-corrected chi connectivity index (χ2v) is 5.31. The van der Waals surface area contributed by atoms with Crippen LogP contribution < -0.4 is 14.8 Å². The molecule has 0 saturated carbocycles. The Morgan fingerprint density at radius 3 is 2.22 bits per heavy atom. The average Bonchev–Trinajstić information content (AvgIpc) is 2.57. The number of benzene rings is 2. The van der Waals surface area contributed by atoms with E-state index in [1.165, 1.54) is 0 Å². The van der Waals surface area contributed by atoms with Crippen molar-refractivity contribution in [1.82, 2.24) is 5.32 Å². The Balaban J connectivity index is 1.89. The fourth-order valence-electron chi connectivity index (χ4n) is 2.19. The average molecular weight is 313 g/mol. The van der Waals surface area contributed by atoms with Gasteiger partial charge in [0.1, 0.15) is 11.5 Å². The molecular formula is C19H23NO3. The molecule has 2 aromatic carbocycles. The van der Waals surface area contributed by atoms with Crippen LogP contribution in [0.1, 0.15) is 32.4 Å². The number of nitrogens with one attached hydrogen (secondary N) is 1. The zero-order valence-corrected chi connectivity index (χ0v) is 13.8. The Hall–Kier alpha value is -2.49. The minimum absolute atomic E-state index is 0.0601. The molecule has 23 heavy (non-hydrogen) atoms. The minimum atomic E-state index is -0.570. The summed E-state index contributed by atoms with van der Waals surface area (Å²) in [4.78, 5) is 12.2. The summed E-state index contributed by atoms with van der Waals surface area (Å²) in [5.41, 5.74) is 1.06. The summed E-state index contributed by atoms with van der Waals surface area (Å²) in [5.74, 6) is 1.29. The van der Waals surface area contributed by atoms with Gasteiger partial charge in [-0.1, -0.05) is 30.3 Å². The lowest BCUT2D eigenvalue weighted by Gasteiger charge is -2.19. The van der Waals surface area contributed by atoms with Crippen LogP contribution in [0.5, 0.6) is 11.5 Å². The zero-order valence-electron chi connectivity index (χ0n) is 13.8. The van der Waals surface area contributed by atoms with E-state index in [9.17, 15) is 4.79 Å². The van der Waals surface area contributed by atoms with Gasteiger partial charge in [0.25, 0.3) is 5.91 Å². The van der Waals surface area contributed by atoms with Gasteiger partial charge < -0.3 is 14.8 Å². The molecule has 0 aromatic heterocycles. The van der Waals surface area contributed by atoms with Crippen LogP contribution in [0.2, 0.25) is 0 Å². The highest BCUT2D eigenvalue weighted by Crippen LogP contribution is 2.19. The maximum atomic E-state index is 12.2. The van der Waals surface area contributed by atoms with Gasteiger partial charge in [-0.3, -0.25) is 4.79 Å². The fraction of sp³-hybridized carbons (Fsp3) is 0.316. The quantitative estimate of drug-likeness (QED) is 0.847. The number of hydrogen-bond donors (Lipinski definition) is 1. The summed E-state index contributed by atoms with van der Waals surface area (Å²) < 4.78 is 11.1. The smallest absolute Gasteiger partial charge is 0.261 e. The van der Waals surface area contributed by atoms with E-state index in [1.54, 1.807) is 19.1 Å². The third-order valence-corrected chi connectivity index (χ3v) is 3.48. The van der Waals surface area contributed by atoms with Crippen LogP contribution in [0.15, 0.2) is 54.6 Å². The van der Waals surface area contributed by atoms with Crippen molar-refractivity contribution in [2.24, 2.45) is 0 Å². The van der Waals surface area contributed by atoms with E-state index in [4.69, 9.17) is 9.47 Å². The molecule has 0 bridgehead atoms. The molecule has 0 aliphatic rings. The van der Waals surface area contributed by atoms with Crippen molar-refractivity contribution in [3.63, 3.8) is 0 Å². The fourth-order valence-corrected chi connectivity index (χ4v) is 2.19. The summed E-state index contributed by atoms with van der Waals surface area (Å²) in [5, 5.41) is 2.96. The molecule has 0 spiro atoms. The maximum Gasteiger partial charge on any atom is 0.261 e. The molecule has 2 rings (SSSR count). The lowest BCUT2D eigenvalue weighted by atomic mass is 10.1. The van der Waals surface area contributed by atoms with Gasteiger partial charge in [-0.2, -0.15) is 0 Å². The lowest BCUT2D eigenvalue weighted by Crippen LogP contribution is -2.37. The van der Waals surface area contributed by atoms with Gasteiger partial charge in [0.15, 0.2) is 6.10 Å². The number of amides is 1. The standard InChI is InChI=1S/C19H23NO3/c1-4-22-17-10-12-18(13-11-17)23-15(3)19(21)20-14(2)16-8-6-5-7-9-16/h5-15H,4H2,1-3H3,(H,20,21). The van der Waals surface area contributed by atoms with Crippen molar-refractivity contribution in [1.29, 1.82) is 0 Å². The van der Waals surface area contributed by atoms with Gasteiger partial charge in [0.05, 0.1) is 12.6 Å². The van der Waals surface area contributed by atoms with Crippen molar-refractivity contribution in [2.75, 3.05) is 6.61 Å². The Bertz CT molecular complexity index is 610. The van der Waals surface area contributed by atoms with Crippen LogP contribution in [-0.4, -0.2) is 18.6 Å². The first kappa shape index (κ1) is 16.9. The van der Waals surface area contributed by atoms with Gasteiger partial charge in [0, 0.05) is 0 Å². The van der Waals surface area contributed by atoms with Crippen molar-refractivity contribution < 1.29 is 14.3 Å². The Kier molecular flexibility index (Phi) is 6.03. The molecular weight excluding hydrogens is 290 g/mol. The summed E-state index contributed by atoms with van der Waals surface area (Å²) in [7, 11) is 0. The minimum Gasteiger partial charge on any atom is -0.494 e. The lowest BCUT2D eigenvalue weighted by molar-refractivity contribution is -0.127. The third kappa shape index (κ3) is 5.02. The predicted octanol–water partition coefficient (Wildman–Crippen LogP) is 3.73. The molecule has 0 aliphatic carbocycles. The van der Waals surface area contributed by atoms with Gasteiger partial charge in [-0.25, -0.2) is 0 Å². The van der Waals surface area contributed by atoms with E-state index < -0.39 is 6.10 Å². The molecule has 2 atom stereocenters. The molecule has 0 radical (unpaired) electrons. The number of carbonyl (C=O) groups excluding carboxylic acids is 1. The Labute approximate surface area is 137 Å². The second-order valence-electron chi connectivity index (χ2n) is 5.31. The van der Waals surface area contributed by atoms with Gasteiger partial charge >= 0.3 is 0 Å². The molecule has 0 saturated heterocycles. The van der Waals surface area contributed by atoms with Crippen LogP contribution in [0.4, 0.5) is 0 Å². The molecule has 4 nitrogen and oxygen atoms in total. The molecule has 1 N–H and O–H groups in total. The number of carbonyl (C=O) groups is 1. The van der Waals surface area contributed by atoms with Gasteiger partial charge in [-0.15, -0.1) is 0 Å². The van der Waals surface area contributed by atoms with Crippen LogP contribution >= 0.6 is 0 Å². The highest BCUT2D eigenvalue weighted by Gasteiger charge is 2.17. The first-order valence-electron chi connectivity index (χ1n) is 7.85. The van der Waals surface area contributed by atoms with E-state index >= 15 is 0 Å². The van der Waals surface area contributed by atoms with Crippen molar-refractivity contribution in [3.8, 4) is 11.5 Å². The van der Waals surface area contributed by atoms with Crippen LogP contribution in [0.3, 0.4) is 0 Å². The van der Waals surface area contributed by atoms with E-state index in [-0.39, 0.29) is 11.9 Å². The van der Waals surface area contributed by atoms with Crippen molar-refractivity contribution in [2.45, 2.75) is 32.9 Å². The van der Waals surface area contributed by atoms with Crippen LogP contribution in [0.25, 0.3) is 0 Å². The molecule has 4 heteroatoms. The summed E-state index contributed by atoms with van der Waals surface area (Å²) in [6, 6.07) is 17.0. The molecule has 0 aliphatic heterocycles. The number of hydrogen-bond acceptors (Lipinski definition) is 3. The highest BCUT2D eigenvalue weighted by atomic mass is 16.5. The number of ether oxygens (including phenoxy) is 2. The van der Waals surface area contributed by atoms with Crippen LogP contribution in [-0.2, 0) is 4.79 Å². The summed E-state index contributed by atoms with van der Waals surface area (Å²) >= 11 is 0. The maximum absolute atomic E-state index is 12.2. The zero-order chi connectivity index (χ0) is 16.7. The largest absolute Gasteiger partial charge is 0.494 e. The molecule has 0 fully saturated rings. The van der Waals surface area contributed by atoms with Crippen LogP contribution in [0, 0.1) is 0 Å². The molecule has 2 unspecified atom stereocenters. The van der Waals surface area contributed by atoms with E-state index in [1.807, 2.05) is 56.3 Å². The normalized spacial score (nSPS) is 13.0. The predicted molar refractivity (Wildman–Crippen MR) is 90.7 cm³/mol.